The Morgan fingerprint density at radius 3 is 2.50 bits per heavy atom. The Bertz CT molecular complexity index is 465. The number of hydrogen-bond donors (Lipinski definition) is 2. The van der Waals surface area contributed by atoms with Crippen LogP contribution >= 0.6 is 15.9 Å². The van der Waals surface area contributed by atoms with Crippen LogP contribution in [0.5, 0.6) is 0 Å². The Balaban J connectivity index is 2.84. The smallest absolute Gasteiger partial charge is 0.236 e. The van der Waals surface area contributed by atoms with Gasteiger partial charge in [-0.1, -0.05) is 35.8 Å². The minimum Gasteiger partial charge on any atom is -0.358 e. The number of likely N-dealkylation sites (N-methyl/N-ethyl adjacent to an activating group) is 1. The zero-order chi connectivity index (χ0) is 15.3. The van der Waals surface area contributed by atoms with Gasteiger partial charge in [0.1, 0.15) is 5.82 Å². The molecule has 1 amide bonds. The van der Waals surface area contributed by atoms with Gasteiger partial charge < -0.3 is 5.32 Å². The molecular formula is C15H22BrFN2O. The molecular weight excluding hydrogens is 323 g/mol. The summed E-state index contributed by atoms with van der Waals surface area (Å²) in [6.07, 6.45) is 0.753. The minimum atomic E-state index is -0.280. The molecule has 2 atom stereocenters. The molecule has 0 bridgehead atoms. The van der Waals surface area contributed by atoms with Gasteiger partial charge in [0.2, 0.25) is 5.91 Å². The van der Waals surface area contributed by atoms with Crippen molar-refractivity contribution in [2.45, 2.75) is 39.3 Å². The van der Waals surface area contributed by atoms with E-state index in [1.807, 2.05) is 6.92 Å². The van der Waals surface area contributed by atoms with E-state index in [1.54, 1.807) is 13.1 Å². The van der Waals surface area contributed by atoms with E-state index in [1.165, 1.54) is 12.1 Å². The predicted molar refractivity (Wildman–Crippen MR) is 83.0 cm³/mol. The quantitative estimate of drug-likeness (QED) is 0.830. The molecule has 5 heteroatoms. The molecule has 0 fully saturated rings. The molecule has 0 saturated carbocycles. The second-order valence-corrected chi connectivity index (χ2v) is 6.20. The molecule has 3 nitrogen and oxygen atoms in total. The maximum Gasteiger partial charge on any atom is 0.236 e. The van der Waals surface area contributed by atoms with E-state index in [4.69, 9.17) is 0 Å². The van der Waals surface area contributed by atoms with Gasteiger partial charge in [-0.25, -0.2) is 4.39 Å². The molecule has 0 aliphatic rings. The second kappa shape index (κ2) is 7.74. The number of carbonyl (C=O) groups excluding carboxylic acids is 1. The Hall–Kier alpha value is -0.940. The Morgan fingerprint density at radius 2 is 2.00 bits per heavy atom. The lowest BCUT2D eigenvalue weighted by Gasteiger charge is -2.24. The first-order valence-electron chi connectivity index (χ1n) is 6.77. The number of nitrogens with one attached hydrogen (secondary N) is 2. The van der Waals surface area contributed by atoms with Crippen molar-refractivity contribution in [1.82, 2.24) is 10.6 Å². The van der Waals surface area contributed by atoms with Gasteiger partial charge in [0, 0.05) is 17.6 Å². The molecule has 0 aromatic heterocycles. The average Bonchev–Trinajstić information content (AvgIpc) is 2.36. The maximum atomic E-state index is 13.1. The van der Waals surface area contributed by atoms with Gasteiger partial charge in [-0.05, 0) is 37.0 Å². The van der Waals surface area contributed by atoms with Crippen LogP contribution in [-0.2, 0) is 4.79 Å². The average molecular weight is 345 g/mol. The van der Waals surface area contributed by atoms with Crippen molar-refractivity contribution >= 4 is 21.8 Å². The molecule has 20 heavy (non-hydrogen) atoms. The summed E-state index contributed by atoms with van der Waals surface area (Å²) < 4.78 is 13.8. The van der Waals surface area contributed by atoms with Gasteiger partial charge in [0.05, 0.1) is 6.04 Å². The van der Waals surface area contributed by atoms with Crippen molar-refractivity contribution < 1.29 is 9.18 Å². The van der Waals surface area contributed by atoms with E-state index in [0.29, 0.717) is 10.4 Å². The van der Waals surface area contributed by atoms with Crippen LogP contribution in [0.3, 0.4) is 0 Å². The number of benzene rings is 1. The molecule has 1 aromatic carbocycles. The van der Waals surface area contributed by atoms with Crippen LogP contribution in [0.25, 0.3) is 0 Å². The van der Waals surface area contributed by atoms with Crippen LogP contribution in [0.1, 0.15) is 38.8 Å². The highest BCUT2D eigenvalue weighted by Crippen LogP contribution is 2.25. The molecule has 0 heterocycles. The first kappa shape index (κ1) is 17.1. The minimum absolute atomic E-state index is 0.0243. The summed E-state index contributed by atoms with van der Waals surface area (Å²) in [7, 11) is 1.63. The van der Waals surface area contributed by atoms with E-state index in [0.717, 1.165) is 12.0 Å². The summed E-state index contributed by atoms with van der Waals surface area (Å²) in [5.41, 5.74) is 0.934. The molecule has 0 radical (unpaired) electrons. The van der Waals surface area contributed by atoms with Gasteiger partial charge >= 0.3 is 0 Å². The molecule has 0 spiro atoms. The summed E-state index contributed by atoms with van der Waals surface area (Å²) in [5.74, 6) is 0.107. The fourth-order valence-corrected chi connectivity index (χ4v) is 2.83. The number of hydrogen-bond acceptors (Lipinski definition) is 2. The third kappa shape index (κ3) is 4.87. The number of halogens is 2. The second-order valence-electron chi connectivity index (χ2n) is 5.35. The van der Waals surface area contributed by atoms with Crippen LogP contribution in [0.4, 0.5) is 4.39 Å². The maximum absolute atomic E-state index is 13.1. The molecule has 112 valence electrons. The van der Waals surface area contributed by atoms with Crippen LogP contribution in [-0.4, -0.2) is 19.0 Å². The van der Waals surface area contributed by atoms with Gasteiger partial charge in [-0.3, -0.25) is 10.1 Å². The Morgan fingerprint density at radius 1 is 1.35 bits per heavy atom. The van der Waals surface area contributed by atoms with E-state index >= 15 is 0 Å². The first-order valence-corrected chi connectivity index (χ1v) is 7.57. The van der Waals surface area contributed by atoms with Crippen molar-refractivity contribution in [3.8, 4) is 0 Å². The third-order valence-electron chi connectivity index (χ3n) is 3.15. The van der Waals surface area contributed by atoms with Crippen LogP contribution in [0.15, 0.2) is 22.7 Å². The van der Waals surface area contributed by atoms with Crippen molar-refractivity contribution in [3.05, 3.63) is 34.1 Å². The van der Waals surface area contributed by atoms with Crippen LogP contribution < -0.4 is 10.6 Å². The van der Waals surface area contributed by atoms with Crippen molar-refractivity contribution in [2.75, 3.05) is 7.05 Å². The summed E-state index contributed by atoms with van der Waals surface area (Å²) in [5, 5.41) is 5.99. The first-order chi connectivity index (χ1) is 9.35. The third-order valence-corrected chi connectivity index (χ3v) is 3.84. The summed E-state index contributed by atoms with van der Waals surface area (Å²) in [4.78, 5) is 11.9. The highest BCUT2D eigenvalue weighted by atomic mass is 79.9. The lowest BCUT2D eigenvalue weighted by molar-refractivity contribution is -0.123. The molecule has 1 rings (SSSR count). The fourth-order valence-electron chi connectivity index (χ4n) is 2.14. The molecule has 2 unspecified atom stereocenters. The molecule has 1 aromatic rings. The monoisotopic (exact) mass is 344 g/mol. The van der Waals surface area contributed by atoms with Gasteiger partial charge in [0.15, 0.2) is 0 Å². The molecule has 0 aliphatic carbocycles. The van der Waals surface area contributed by atoms with E-state index in [9.17, 15) is 9.18 Å². The van der Waals surface area contributed by atoms with Gasteiger partial charge in [-0.2, -0.15) is 0 Å². The normalized spacial score (nSPS) is 14.2. The van der Waals surface area contributed by atoms with Crippen molar-refractivity contribution in [2.24, 2.45) is 5.92 Å². The Kier molecular flexibility index (Phi) is 6.62. The summed E-state index contributed by atoms with van der Waals surface area (Å²) >= 11 is 3.36. The molecule has 0 aliphatic heterocycles. The lowest BCUT2D eigenvalue weighted by Crippen LogP contribution is -2.44. The fraction of sp³-hybridized carbons (Fsp3) is 0.533. The SMILES string of the molecule is CNC(=O)C(CC(C)C)NC(C)c1ccc(F)cc1Br. The Labute approximate surface area is 128 Å². The zero-order valence-electron chi connectivity index (χ0n) is 12.3. The van der Waals surface area contributed by atoms with E-state index in [2.05, 4.69) is 40.4 Å². The van der Waals surface area contributed by atoms with Crippen LogP contribution in [0.2, 0.25) is 0 Å². The largest absolute Gasteiger partial charge is 0.358 e. The molecule has 2 N–H and O–H groups in total. The number of amides is 1. The van der Waals surface area contributed by atoms with E-state index in [-0.39, 0.29) is 23.8 Å². The van der Waals surface area contributed by atoms with E-state index < -0.39 is 0 Å². The number of carbonyl (C=O) groups is 1. The topological polar surface area (TPSA) is 41.1 Å². The predicted octanol–water partition coefficient (Wildman–Crippen LogP) is 3.40. The van der Waals surface area contributed by atoms with Gasteiger partial charge in [0.25, 0.3) is 0 Å². The van der Waals surface area contributed by atoms with Crippen molar-refractivity contribution in [1.29, 1.82) is 0 Å². The lowest BCUT2D eigenvalue weighted by atomic mass is 10.0. The zero-order valence-corrected chi connectivity index (χ0v) is 13.9. The highest BCUT2D eigenvalue weighted by molar-refractivity contribution is 9.10. The highest BCUT2D eigenvalue weighted by Gasteiger charge is 2.22. The van der Waals surface area contributed by atoms with Crippen molar-refractivity contribution in [3.63, 3.8) is 0 Å². The summed E-state index contributed by atoms with van der Waals surface area (Å²) in [6.45, 7) is 6.13. The van der Waals surface area contributed by atoms with Crippen LogP contribution in [0, 0.1) is 11.7 Å². The standard InChI is InChI=1S/C15H22BrFN2O/c1-9(2)7-14(15(20)18-4)19-10(3)12-6-5-11(17)8-13(12)16/h5-6,8-10,14,19H,7H2,1-4H3,(H,18,20). The molecule has 0 saturated heterocycles. The van der Waals surface area contributed by atoms with Gasteiger partial charge in [-0.15, -0.1) is 0 Å². The summed E-state index contributed by atoms with van der Waals surface area (Å²) in [6, 6.07) is 4.28. The number of rotatable bonds is 6.